The molecular formula is C19H26N4O2S. The predicted octanol–water partition coefficient (Wildman–Crippen LogP) is 3.13. The van der Waals surface area contributed by atoms with Gasteiger partial charge in [-0.2, -0.15) is 5.10 Å². The molecule has 0 spiro atoms. The van der Waals surface area contributed by atoms with Crippen LogP contribution in [-0.4, -0.2) is 28.1 Å². The summed E-state index contributed by atoms with van der Waals surface area (Å²) in [6.07, 6.45) is 7.04. The van der Waals surface area contributed by atoms with Crippen molar-refractivity contribution in [1.29, 1.82) is 0 Å². The smallest absolute Gasteiger partial charge is 0.261 e. The first-order valence-electron chi connectivity index (χ1n) is 9.15. The lowest BCUT2D eigenvalue weighted by molar-refractivity contribution is -0.115. The van der Waals surface area contributed by atoms with Crippen LogP contribution in [0.25, 0.3) is 0 Å². The molecule has 140 valence electrons. The number of thiophene rings is 1. The topological polar surface area (TPSA) is 76.0 Å². The van der Waals surface area contributed by atoms with Crippen molar-refractivity contribution < 1.29 is 9.59 Å². The normalized spacial score (nSPS) is 14.3. The Morgan fingerprint density at radius 2 is 1.92 bits per heavy atom. The molecule has 26 heavy (non-hydrogen) atoms. The van der Waals surface area contributed by atoms with Gasteiger partial charge in [-0.3, -0.25) is 14.3 Å². The average Bonchev–Trinajstić information content (AvgIpc) is 3.08. The zero-order valence-corrected chi connectivity index (χ0v) is 16.5. The predicted molar refractivity (Wildman–Crippen MR) is 104 cm³/mol. The Bertz CT molecular complexity index is 796. The zero-order valence-electron chi connectivity index (χ0n) is 15.6. The Labute approximate surface area is 158 Å². The summed E-state index contributed by atoms with van der Waals surface area (Å²) in [5.74, 6) is -0.413. The number of nitrogens with zero attached hydrogens (tertiary/aromatic N) is 2. The molecule has 3 rings (SSSR count). The molecule has 2 aromatic rings. The van der Waals surface area contributed by atoms with Crippen molar-refractivity contribution in [3.8, 4) is 0 Å². The number of anilines is 1. The zero-order chi connectivity index (χ0) is 18.7. The van der Waals surface area contributed by atoms with Crippen molar-refractivity contribution in [2.75, 3.05) is 11.9 Å². The second-order valence-electron chi connectivity index (χ2n) is 6.87. The van der Waals surface area contributed by atoms with Crippen LogP contribution in [0.5, 0.6) is 0 Å². The number of rotatable bonds is 4. The fraction of sp³-hybridized carbons (Fsp3) is 0.526. The molecule has 2 amide bonds. The van der Waals surface area contributed by atoms with E-state index in [9.17, 15) is 9.59 Å². The highest BCUT2D eigenvalue weighted by atomic mass is 32.1. The lowest BCUT2D eigenvalue weighted by Gasteiger charge is -2.07. The summed E-state index contributed by atoms with van der Waals surface area (Å²) in [6, 6.07) is 2.01. The van der Waals surface area contributed by atoms with Crippen molar-refractivity contribution in [1.82, 2.24) is 15.1 Å². The van der Waals surface area contributed by atoms with Gasteiger partial charge in [-0.05, 0) is 51.2 Å². The fourth-order valence-electron chi connectivity index (χ4n) is 3.34. The maximum atomic E-state index is 12.4. The lowest BCUT2D eigenvalue weighted by Crippen LogP contribution is -2.32. The Morgan fingerprint density at radius 3 is 2.62 bits per heavy atom. The molecule has 0 unspecified atom stereocenters. The van der Waals surface area contributed by atoms with E-state index in [1.165, 1.54) is 36.1 Å². The molecule has 2 heterocycles. The van der Waals surface area contributed by atoms with Crippen molar-refractivity contribution >= 4 is 28.8 Å². The van der Waals surface area contributed by atoms with Gasteiger partial charge < -0.3 is 10.6 Å². The minimum absolute atomic E-state index is 0.0465. The highest BCUT2D eigenvalue weighted by Crippen LogP contribution is 2.28. The van der Waals surface area contributed by atoms with Crippen LogP contribution < -0.4 is 10.6 Å². The Balaban J connectivity index is 1.58. The Hall–Kier alpha value is -2.15. The van der Waals surface area contributed by atoms with E-state index in [0.717, 1.165) is 24.2 Å². The van der Waals surface area contributed by atoms with Crippen LogP contribution in [0.15, 0.2) is 6.07 Å². The standard InChI is InChI=1S/C19H26N4O2S/c1-12-18(13(2)23(3)22-12)21-17(24)11-20-19(25)16-10-14-8-6-4-5-7-9-15(14)26-16/h10H,4-9,11H2,1-3H3,(H,20,25)(H,21,24). The number of nitrogens with one attached hydrogen (secondary N) is 2. The minimum atomic E-state index is -0.243. The molecule has 1 aliphatic rings. The van der Waals surface area contributed by atoms with Gasteiger partial charge >= 0.3 is 0 Å². The van der Waals surface area contributed by atoms with Crippen LogP contribution in [0.1, 0.15) is 57.2 Å². The number of carbonyl (C=O) groups is 2. The first kappa shape index (κ1) is 18.6. The third-order valence-corrected chi connectivity index (χ3v) is 6.14. The van der Waals surface area contributed by atoms with Crippen LogP contribution in [-0.2, 0) is 24.7 Å². The quantitative estimate of drug-likeness (QED) is 0.863. The van der Waals surface area contributed by atoms with Crippen molar-refractivity contribution in [2.24, 2.45) is 7.05 Å². The van der Waals surface area contributed by atoms with Crippen molar-refractivity contribution in [3.05, 3.63) is 32.8 Å². The minimum Gasteiger partial charge on any atom is -0.342 e. The van der Waals surface area contributed by atoms with Crippen LogP contribution in [0, 0.1) is 13.8 Å². The van der Waals surface area contributed by atoms with E-state index in [0.29, 0.717) is 10.6 Å². The number of hydrogen-bond acceptors (Lipinski definition) is 4. The number of carbonyl (C=O) groups excluding carboxylic acids is 2. The number of aromatic nitrogens is 2. The third-order valence-electron chi connectivity index (χ3n) is 4.90. The van der Waals surface area contributed by atoms with E-state index >= 15 is 0 Å². The van der Waals surface area contributed by atoms with Crippen LogP contribution >= 0.6 is 11.3 Å². The molecule has 6 nitrogen and oxygen atoms in total. The van der Waals surface area contributed by atoms with E-state index < -0.39 is 0 Å². The molecule has 0 bridgehead atoms. The average molecular weight is 375 g/mol. The number of amides is 2. The van der Waals surface area contributed by atoms with Crippen molar-refractivity contribution in [2.45, 2.75) is 52.4 Å². The molecular weight excluding hydrogens is 348 g/mol. The number of hydrogen-bond donors (Lipinski definition) is 2. The first-order chi connectivity index (χ1) is 12.5. The summed E-state index contributed by atoms with van der Waals surface area (Å²) in [6.45, 7) is 3.70. The number of fused-ring (bicyclic) bond motifs is 1. The molecule has 2 aromatic heterocycles. The molecule has 7 heteroatoms. The van der Waals surface area contributed by atoms with Gasteiger partial charge in [0.2, 0.25) is 5.91 Å². The van der Waals surface area contributed by atoms with Gasteiger partial charge in [0.25, 0.3) is 5.91 Å². The molecule has 0 atom stereocenters. The van der Waals surface area contributed by atoms with E-state index in [1.54, 1.807) is 16.0 Å². The molecule has 0 saturated heterocycles. The highest BCUT2D eigenvalue weighted by molar-refractivity contribution is 7.14. The number of aryl methyl sites for hydroxylation is 4. The summed E-state index contributed by atoms with van der Waals surface area (Å²) in [7, 11) is 1.84. The summed E-state index contributed by atoms with van der Waals surface area (Å²) >= 11 is 1.57. The molecule has 2 N–H and O–H groups in total. The second kappa shape index (κ2) is 8.03. The largest absolute Gasteiger partial charge is 0.342 e. The van der Waals surface area contributed by atoms with E-state index in [1.807, 2.05) is 27.0 Å². The lowest BCUT2D eigenvalue weighted by atomic mass is 10.00. The Kier molecular flexibility index (Phi) is 5.76. The molecule has 1 aliphatic carbocycles. The molecule has 0 aromatic carbocycles. The van der Waals surface area contributed by atoms with Gasteiger partial charge in [-0.1, -0.05) is 12.8 Å². The van der Waals surface area contributed by atoms with Gasteiger partial charge in [0.15, 0.2) is 0 Å². The molecule has 0 radical (unpaired) electrons. The summed E-state index contributed by atoms with van der Waals surface area (Å²) in [5, 5.41) is 9.85. The maximum Gasteiger partial charge on any atom is 0.261 e. The third kappa shape index (κ3) is 4.15. The molecule has 0 fully saturated rings. The Morgan fingerprint density at radius 1 is 1.19 bits per heavy atom. The van der Waals surface area contributed by atoms with Gasteiger partial charge in [0.1, 0.15) is 0 Å². The van der Waals surface area contributed by atoms with E-state index in [-0.39, 0.29) is 18.4 Å². The summed E-state index contributed by atoms with van der Waals surface area (Å²) in [4.78, 5) is 26.7. The van der Waals surface area contributed by atoms with Gasteiger partial charge in [-0.15, -0.1) is 11.3 Å². The maximum absolute atomic E-state index is 12.4. The van der Waals surface area contributed by atoms with Crippen LogP contribution in [0.4, 0.5) is 5.69 Å². The first-order valence-corrected chi connectivity index (χ1v) is 9.97. The molecule has 0 saturated carbocycles. The van der Waals surface area contributed by atoms with Crippen LogP contribution in [0.3, 0.4) is 0 Å². The van der Waals surface area contributed by atoms with Crippen molar-refractivity contribution in [3.63, 3.8) is 0 Å². The summed E-state index contributed by atoms with van der Waals surface area (Å²) in [5.41, 5.74) is 3.68. The van der Waals surface area contributed by atoms with Gasteiger partial charge in [0, 0.05) is 11.9 Å². The van der Waals surface area contributed by atoms with E-state index in [4.69, 9.17) is 0 Å². The fourth-order valence-corrected chi connectivity index (χ4v) is 4.51. The van der Waals surface area contributed by atoms with Gasteiger partial charge in [-0.25, -0.2) is 0 Å². The molecule has 0 aliphatic heterocycles. The van der Waals surface area contributed by atoms with E-state index in [2.05, 4.69) is 15.7 Å². The summed E-state index contributed by atoms with van der Waals surface area (Å²) < 4.78 is 1.73. The monoisotopic (exact) mass is 374 g/mol. The highest BCUT2D eigenvalue weighted by Gasteiger charge is 2.17. The van der Waals surface area contributed by atoms with Gasteiger partial charge in [0.05, 0.1) is 28.5 Å². The second-order valence-corrected chi connectivity index (χ2v) is 8.01. The SMILES string of the molecule is Cc1nn(C)c(C)c1NC(=O)CNC(=O)c1cc2c(s1)CCCCCC2. The van der Waals surface area contributed by atoms with Crippen LogP contribution in [0.2, 0.25) is 0 Å².